The van der Waals surface area contributed by atoms with Crippen LogP contribution in [0.4, 0.5) is 5.69 Å². The molecule has 0 atom stereocenters. The molecule has 2 aromatic carbocycles. The minimum atomic E-state index is 0.218. The van der Waals surface area contributed by atoms with Crippen molar-refractivity contribution in [3.8, 4) is 5.75 Å². The van der Waals surface area contributed by atoms with E-state index in [1.807, 2.05) is 42.6 Å². The van der Waals surface area contributed by atoms with Gasteiger partial charge in [0.05, 0.1) is 5.69 Å². The highest BCUT2D eigenvalue weighted by molar-refractivity contribution is 5.86. The normalized spacial score (nSPS) is 33.2. The summed E-state index contributed by atoms with van der Waals surface area (Å²) in [7, 11) is 0. The Morgan fingerprint density at radius 1 is 0.840 bits per heavy atom. The van der Waals surface area contributed by atoms with Crippen molar-refractivity contribution in [1.82, 2.24) is 0 Å². The Morgan fingerprint density at radius 3 is 2.12 bits per heavy atom. The van der Waals surface area contributed by atoms with Gasteiger partial charge < -0.3 is 5.11 Å². The molecule has 4 bridgehead atoms. The number of phenols is 1. The Balaban J connectivity index is 1.50. The first-order chi connectivity index (χ1) is 12.2. The number of phenolic OH excluding ortho intramolecular Hbond substituents is 1. The molecule has 0 aromatic heterocycles. The molecule has 128 valence electrons. The third kappa shape index (κ3) is 2.59. The molecule has 0 heterocycles. The van der Waals surface area contributed by atoms with E-state index < -0.39 is 0 Å². The van der Waals surface area contributed by atoms with Crippen molar-refractivity contribution < 1.29 is 5.11 Å². The summed E-state index contributed by atoms with van der Waals surface area (Å²) < 4.78 is 0. The fourth-order valence-electron chi connectivity index (χ4n) is 6.19. The van der Waals surface area contributed by atoms with Gasteiger partial charge in [-0.2, -0.15) is 0 Å². The molecule has 25 heavy (non-hydrogen) atoms. The maximum Gasteiger partial charge on any atom is 0.128 e. The van der Waals surface area contributed by atoms with Crippen LogP contribution in [0.25, 0.3) is 0 Å². The highest BCUT2D eigenvalue weighted by Gasteiger charge is 2.52. The minimum absolute atomic E-state index is 0.218. The molecule has 6 rings (SSSR count). The quantitative estimate of drug-likeness (QED) is 0.728. The number of rotatable bonds is 3. The molecule has 4 aliphatic rings. The molecule has 0 saturated heterocycles. The van der Waals surface area contributed by atoms with Gasteiger partial charge in [0.25, 0.3) is 0 Å². The molecule has 2 heteroatoms. The zero-order valence-electron chi connectivity index (χ0n) is 14.6. The van der Waals surface area contributed by atoms with Crippen molar-refractivity contribution in [1.29, 1.82) is 0 Å². The third-order valence-electron chi connectivity index (χ3n) is 6.79. The van der Waals surface area contributed by atoms with E-state index in [0.29, 0.717) is 5.75 Å². The number of nitrogens with zero attached hydrogens (tertiary/aromatic N) is 1. The Kier molecular flexibility index (Phi) is 3.48. The number of aliphatic imine (C=N–C) groups is 1. The second-order valence-electron chi connectivity index (χ2n) is 8.54. The predicted octanol–water partition coefficient (Wildman–Crippen LogP) is 5.61. The van der Waals surface area contributed by atoms with Crippen LogP contribution in [-0.2, 0) is 5.41 Å². The maximum atomic E-state index is 11.0. The number of para-hydroxylation sites is 2. The van der Waals surface area contributed by atoms with Crippen molar-refractivity contribution >= 4 is 11.9 Å². The number of hydrogen-bond acceptors (Lipinski definition) is 2. The van der Waals surface area contributed by atoms with Gasteiger partial charge in [-0.15, -0.1) is 0 Å². The SMILES string of the molecule is Oc1c(C=Nc2ccccc2)cccc1C12CC3CC(CC(C3)C1)C2. The molecule has 2 nitrogen and oxygen atoms in total. The van der Waals surface area contributed by atoms with Gasteiger partial charge >= 0.3 is 0 Å². The van der Waals surface area contributed by atoms with Crippen LogP contribution in [0.1, 0.15) is 49.7 Å². The van der Waals surface area contributed by atoms with Gasteiger partial charge in [-0.3, -0.25) is 4.99 Å². The van der Waals surface area contributed by atoms with Crippen molar-refractivity contribution in [2.75, 3.05) is 0 Å². The van der Waals surface area contributed by atoms with Gasteiger partial charge in [0.2, 0.25) is 0 Å². The second-order valence-corrected chi connectivity index (χ2v) is 8.54. The van der Waals surface area contributed by atoms with Crippen LogP contribution in [0.3, 0.4) is 0 Å². The maximum absolute atomic E-state index is 11.0. The molecule has 4 fully saturated rings. The lowest BCUT2D eigenvalue weighted by Crippen LogP contribution is -2.48. The summed E-state index contributed by atoms with van der Waals surface area (Å²) in [5.74, 6) is 3.11. The summed E-state index contributed by atoms with van der Waals surface area (Å²) in [4.78, 5) is 4.54. The molecule has 0 amide bonds. The monoisotopic (exact) mass is 331 g/mol. The lowest BCUT2D eigenvalue weighted by Gasteiger charge is -2.57. The van der Waals surface area contributed by atoms with Gasteiger partial charge in [-0.25, -0.2) is 0 Å². The summed E-state index contributed by atoms with van der Waals surface area (Å²) >= 11 is 0. The molecule has 4 saturated carbocycles. The first-order valence-electron chi connectivity index (χ1n) is 9.63. The Morgan fingerprint density at radius 2 is 1.48 bits per heavy atom. The number of benzene rings is 2. The zero-order valence-corrected chi connectivity index (χ0v) is 14.6. The lowest BCUT2D eigenvalue weighted by atomic mass is 9.48. The van der Waals surface area contributed by atoms with Gasteiger partial charge in [-0.1, -0.05) is 30.3 Å². The van der Waals surface area contributed by atoms with Crippen LogP contribution >= 0.6 is 0 Å². The van der Waals surface area contributed by atoms with Gasteiger partial charge in [-0.05, 0) is 79.9 Å². The van der Waals surface area contributed by atoms with E-state index in [4.69, 9.17) is 0 Å². The smallest absolute Gasteiger partial charge is 0.128 e. The van der Waals surface area contributed by atoms with Gasteiger partial charge in [0.1, 0.15) is 5.75 Å². The minimum Gasteiger partial charge on any atom is -0.507 e. The summed E-state index contributed by atoms with van der Waals surface area (Å²) in [6, 6.07) is 16.2. The van der Waals surface area contributed by atoms with Gasteiger partial charge in [0.15, 0.2) is 0 Å². The predicted molar refractivity (Wildman–Crippen MR) is 102 cm³/mol. The van der Waals surface area contributed by atoms with Crippen LogP contribution in [0.2, 0.25) is 0 Å². The highest BCUT2D eigenvalue weighted by Crippen LogP contribution is 2.61. The summed E-state index contributed by atoms with van der Waals surface area (Å²) in [6.45, 7) is 0. The summed E-state index contributed by atoms with van der Waals surface area (Å²) in [5, 5.41) is 11.0. The molecule has 0 radical (unpaired) electrons. The van der Waals surface area contributed by atoms with E-state index in [-0.39, 0.29) is 5.41 Å². The molecule has 1 N–H and O–H groups in total. The van der Waals surface area contributed by atoms with E-state index in [2.05, 4.69) is 17.1 Å². The van der Waals surface area contributed by atoms with E-state index in [9.17, 15) is 5.11 Å². The van der Waals surface area contributed by atoms with E-state index >= 15 is 0 Å². The van der Waals surface area contributed by atoms with Crippen LogP contribution < -0.4 is 0 Å². The van der Waals surface area contributed by atoms with Crippen molar-refractivity contribution in [2.45, 2.75) is 43.9 Å². The standard InChI is InChI=1S/C23H25NO/c25-22-19(15-24-20-6-2-1-3-7-20)5-4-8-21(22)23-12-16-9-17(13-23)11-18(10-16)14-23/h1-8,15-18,25H,9-14H2. The first kappa shape index (κ1) is 15.2. The number of aromatic hydroxyl groups is 1. The molecule has 4 aliphatic carbocycles. The average molecular weight is 331 g/mol. The Hall–Kier alpha value is -2.09. The second kappa shape index (κ2) is 5.72. The fraction of sp³-hybridized carbons (Fsp3) is 0.435. The number of hydrogen-bond donors (Lipinski definition) is 1. The highest BCUT2D eigenvalue weighted by atomic mass is 16.3. The Bertz CT molecular complexity index is 773. The molecule has 0 aliphatic heterocycles. The average Bonchev–Trinajstić information content (AvgIpc) is 2.60. The van der Waals surface area contributed by atoms with E-state index in [1.54, 1.807) is 0 Å². The molecule has 0 unspecified atom stereocenters. The zero-order chi connectivity index (χ0) is 16.9. The van der Waals surface area contributed by atoms with Crippen molar-refractivity contribution in [3.05, 3.63) is 59.7 Å². The largest absolute Gasteiger partial charge is 0.507 e. The first-order valence-corrected chi connectivity index (χ1v) is 9.63. The fourth-order valence-corrected chi connectivity index (χ4v) is 6.19. The molecule has 2 aromatic rings. The molecule has 0 spiro atoms. The Labute approximate surface area is 149 Å². The summed E-state index contributed by atoms with van der Waals surface area (Å²) in [5.41, 5.74) is 3.16. The van der Waals surface area contributed by atoms with Crippen molar-refractivity contribution in [3.63, 3.8) is 0 Å². The van der Waals surface area contributed by atoms with Crippen LogP contribution in [-0.4, -0.2) is 11.3 Å². The van der Waals surface area contributed by atoms with Crippen molar-refractivity contribution in [2.24, 2.45) is 22.7 Å². The van der Waals surface area contributed by atoms with Crippen LogP contribution in [0, 0.1) is 17.8 Å². The van der Waals surface area contributed by atoms with E-state index in [0.717, 1.165) is 29.0 Å². The third-order valence-corrected chi connectivity index (χ3v) is 6.79. The van der Waals surface area contributed by atoms with E-state index in [1.165, 1.54) is 44.1 Å². The molecular weight excluding hydrogens is 306 g/mol. The van der Waals surface area contributed by atoms with Crippen LogP contribution in [0.5, 0.6) is 5.75 Å². The lowest BCUT2D eigenvalue weighted by molar-refractivity contribution is -0.00613. The van der Waals surface area contributed by atoms with Crippen LogP contribution in [0.15, 0.2) is 53.5 Å². The van der Waals surface area contributed by atoms with Gasteiger partial charge in [0, 0.05) is 17.3 Å². The topological polar surface area (TPSA) is 32.6 Å². The summed E-state index contributed by atoms with van der Waals surface area (Å²) in [6.07, 6.45) is 9.90. The molecular formula is C23H25NO.